The first-order valence-corrected chi connectivity index (χ1v) is 6.95. The summed E-state index contributed by atoms with van der Waals surface area (Å²) in [5, 5.41) is 9.00. The summed E-state index contributed by atoms with van der Waals surface area (Å²) in [5.41, 5.74) is 0.300. The zero-order chi connectivity index (χ0) is 15.6. The Kier molecular flexibility index (Phi) is 4.43. The van der Waals surface area contributed by atoms with Crippen LogP contribution in [-0.4, -0.2) is 40.7 Å². The second-order valence-corrected chi connectivity index (χ2v) is 5.47. The van der Waals surface area contributed by atoms with Crippen molar-refractivity contribution in [2.24, 2.45) is 0 Å². The molecular weight excluding hydrogens is 270 g/mol. The quantitative estimate of drug-likeness (QED) is 0.801. The standard InChI is InChI=1S/C15H19N3O3/c1-10-4-5-17(15(20)13(10)6-16)9-14(19)18-7-11(2)21-12(3)8-18/h4-5,11-12H,7-9H2,1-3H3/t11-,12-/m1/s1. The van der Waals surface area contributed by atoms with Crippen molar-refractivity contribution in [1.29, 1.82) is 5.26 Å². The predicted octanol–water partition coefficient (Wildman–Crippen LogP) is 0.664. The van der Waals surface area contributed by atoms with Gasteiger partial charge in [0, 0.05) is 19.3 Å². The summed E-state index contributed by atoms with van der Waals surface area (Å²) < 4.78 is 6.88. The molecule has 0 saturated carbocycles. The van der Waals surface area contributed by atoms with Crippen molar-refractivity contribution >= 4 is 5.91 Å². The second-order valence-electron chi connectivity index (χ2n) is 5.47. The van der Waals surface area contributed by atoms with Crippen LogP contribution in [0.5, 0.6) is 0 Å². The molecule has 1 aromatic rings. The summed E-state index contributed by atoms with van der Waals surface area (Å²) in [6, 6.07) is 3.57. The fourth-order valence-electron chi connectivity index (χ4n) is 2.55. The van der Waals surface area contributed by atoms with Crippen LogP contribution >= 0.6 is 0 Å². The Balaban J connectivity index is 2.17. The predicted molar refractivity (Wildman–Crippen MR) is 76.7 cm³/mol. The van der Waals surface area contributed by atoms with Gasteiger partial charge in [0.1, 0.15) is 18.2 Å². The van der Waals surface area contributed by atoms with Gasteiger partial charge in [-0.3, -0.25) is 9.59 Å². The van der Waals surface area contributed by atoms with Crippen LogP contribution in [0.4, 0.5) is 0 Å². The van der Waals surface area contributed by atoms with E-state index in [1.54, 1.807) is 24.1 Å². The molecule has 2 heterocycles. The molecule has 21 heavy (non-hydrogen) atoms. The maximum absolute atomic E-state index is 12.3. The highest BCUT2D eigenvalue weighted by atomic mass is 16.5. The smallest absolute Gasteiger partial charge is 0.269 e. The molecule has 6 nitrogen and oxygen atoms in total. The molecule has 1 aromatic heterocycles. The molecule has 0 aliphatic carbocycles. The molecule has 0 N–H and O–H groups in total. The van der Waals surface area contributed by atoms with E-state index in [-0.39, 0.29) is 30.2 Å². The van der Waals surface area contributed by atoms with E-state index in [4.69, 9.17) is 10.00 Å². The number of nitriles is 1. The van der Waals surface area contributed by atoms with Gasteiger partial charge >= 0.3 is 0 Å². The van der Waals surface area contributed by atoms with Crippen molar-refractivity contribution in [3.63, 3.8) is 0 Å². The molecule has 112 valence electrons. The number of aromatic nitrogens is 1. The lowest BCUT2D eigenvalue weighted by Crippen LogP contribution is -2.49. The number of morpholine rings is 1. The number of nitrogens with zero attached hydrogens (tertiary/aromatic N) is 3. The molecule has 2 atom stereocenters. The number of carbonyl (C=O) groups is 1. The zero-order valence-electron chi connectivity index (χ0n) is 12.5. The molecule has 0 radical (unpaired) electrons. The summed E-state index contributed by atoms with van der Waals surface area (Å²) in [6.07, 6.45) is 1.54. The molecule has 0 bridgehead atoms. The first-order valence-electron chi connectivity index (χ1n) is 6.95. The van der Waals surface area contributed by atoms with Crippen LogP contribution in [0.2, 0.25) is 0 Å². The Labute approximate surface area is 123 Å². The van der Waals surface area contributed by atoms with Crippen LogP contribution < -0.4 is 5.56 Å². The number of amides is 1. The summed E-state index contributed by atoms with van der Waals surface area (Å²) in [4.78, 5) is 26.1. The van der Waals surface area contributed by atoms with Crippen molar-refractivity contribution in [1.82, 2.24) is 9.47 Å². The lowest BCUT2D eigenvalue weighted by Gasteiger charge is -2.35. The fourth-order valence-corrected chi connectivity index (χ4v) is 2.55. The highest BCUT2D eigenvalue weighted by Crippen LogP contribution is 2.11. The van der Waals surface area contributed by atoms with Crippen LogP contribution in [0.25, 0.3) is 0 Å². The number of aryl methyl sites for hydroxylation is 1. The van der Waals surface area contributed by atoms with Gasteiger partial charge in [0.05, 0.1) is 12.2 Å². The highest BCUT2D eigenvalue weighted by Gasteiger charge is 2.26. The van der Waals surface area contributed by atoms with Crippen molar-refractivity contribution in [2.45, 2.75) is 39.5 Å². The van der Waals surface area contributed by atoms with Gasteiger partial charge in [-0.05, 0) is 32.4 Å². The minimum atomic E-state index is -0.416. The van der Waals surface area contributed by atoms with Crippen molar-refractivity contribution < 1.29 is 9.53 Å². The first kappa shape index (κ1) is 15.3. The average Bonchev–Trinajstić information content (AvgIpc) is 2.41. The fraction of sp³-hybridized carbons (Fsp3) is 0.533. The Morgan fingerprint density at radius 3 is 2.62 bits per heavy atom. The van der Waals surface area contributed by atoms with E-state index in [0.717, 1.165) is 0 Å². The Morgan fingerprint density at radius 2 is 2.05 bits per heavy atom. The topological polar surface area (TPSA) is 75.3 Å². The summed E-state index contributed by atoms with van der Waals surface area (Å²) in [6.45, 7) is 6.54. The third-order valence-corrected chi connectivity index (χ3v) is 3.56. The lowest BCUT2D eigenvalue weighted by molar-refractivity contribution is -0.143. The molecule has 0 spiro atoms. The Hall–Kier alpha value is -2.13. The molecule has 1 aliphatic rings. The van der Waals surface area contributed by atoms with E-state index >= 15 is 0 Å². The van der Waals surface area contributed by atoms with Gasteiger partial charge in [-0.1, -0.05) is 0 Å². The van der Waals surface area contributed by atoms with Crippen LogP contribution in [0.15, 0.2) is 17.1 Å². The number of hydrogen-bond donors (Lipinski definition) is 0. The third-order valence-electron chi connectivity index (χ3n) is 3.56. The first-order chi connectivity index (χ1) is 9.92. The van der Waals surface area contributed by atoms with Gasteiger partial charge in [-0.25, -0.2) is 0 Å². The minimum absolute atomic E-state index is 0.0119. The SMILES string of the molecule is Cc1ccn(CC(=O)N2C[C@@H](C)O[C@H](C)C2)c(=O)c1C#N. The van der Waals surface area contributed by atoms with E-state index in [9.17, 15) is 9.59 Å². The molecule has 2 rings (SSSR count). The van der Waals surface area contributed by atoms with Gasteiger partial charge in [-0.2, -0.15) is 5.26 Å². The molecular formula is C15H19N3O3. The molecule has 1 aliphatic heterocycles. The van der Waals surface area contributed by atoms with Gasteiger partial charge < -0.3 is 14.2 Å². The Bertz CT molecular complexity index is 635. The maximum atomic E-state index is 12.3. The molecule has 0 aromatic carbocycles. The Morgan fingerprint density at radius 1 is 1.43 bits per heavy atom. The zero-order valence-corrected chi connectivity index (χ0v) is 12.5. The minimum Gasteiger partial charge on any atom is -0.372 e. The van der Waals surface area contributed by atoms with Crippen molar-refractivity contribution in [3.05, 3.63) is 33.7 Å². The van der Waals surface area contributed by atoms with Crippen LogP contribution in [0.3, 0.4) is 0 Å². The van der Waals surface area contributed by atoms with Gasteiger partial charge in [0.2, 0.25) is 5.91 Å². The average molecular weight is 289 g/mol. The number of hydrogen-bond acceptors (Lipinski definition) is 4. The lowest BCUT2D eigenvalue weighted by atomic mass is 10.2. The van der Waals surface area contributed by atoms with Crippen LogP contribution in [0, 0.1) is 18.3 Å². The molecule has 0 unspecified atom stereocenters. The van der Waals surface area contributed by atoms with Gasteiger partial charge in [-0.15, -0.1) is 0 Å². The summed E-state index contributed by atoms with van der Waals surface area (Å²) >= 11 is 0. The third kappa shape index (κ3) is 3.31. The van der Waals surface area contributed by atoms with E-state index in [1.807, 2.05) is 19.9 Å². The van der Waals surface area contributed by atoms with Crippen molar-refractivity contribution in [2.75, 3.05) is 13.1 Å². The summed E-state index contributed by atoms with van der Waals surface area (Å²) in [7, 11) is 0. The van der Waals surface area contributed by atoms with Crippen LogP contribution in [-0.2, 0) is 16.1 Å². The normalized spacial score (nSPS) is 21.9. The highest BCUT2D eigenvalue weighted by molar-refractivity contribution is 5.76. The number of ether oxygens (including phenoxy) is 1. The van der Waals surface area contributed by atoms with Gasteiger partial charge in [0.25, 0.3) is 5.56 Å². The summed E-state index contributed by atoms with van der Waals surface area (Å²) in [5.74, 6) is -0.133. The van der Waals surface area contributed by atoms with Crippen molar-refractivity contribution in [3.8, 4) is 6.07 Å². The molecule has 1 amide bonds. The monoisotopic (exact) mass is 289 g/mol. The number of carbonyl (C=O) groups excluding carboxylic acids is 1. The molecule has 6 heteroatoms. The van der Waals surface area contributed by atoms with E-state index in [0.29, 0.717) is 18.7 Å². The van der Waals surface area contributed by atoms with Gasteiger partial charge in [0.15, 0.2) is 0 Å². The molecule has 1 fully saturated rings. The number of pyridine rings is 1. The van der Waals surface area contributed by atoms with E-state index in [1.165, 1.54) is 4.57 Å². The maximum Gasteiger partial charge on any atom is 0.269 e. The largest absolute Gasteiger partial charge is 0.372 e. The van der Waals surface area contributed by atoms with Crippen LogP contribution in [0.1, 0.15) is 25.0 Å². The molecule has 1 saturated heterocycles. The second kappa shape index (κ2) is 6.10. The van der Waals surface area contributed by atoms with E-state index in [2.05, 4.69) is 0 Å². The van der Waals surface area contributed by atoms with E-state index < -0.39 is 5.56 Å². The number of rotatable bonds is 2.